The molecule has 0 aliphatic carbocycles. The number of rotatable bonds is 4. The van der Waals surface area contributed by atoms with Crippen LogP contribution < -0.4 is 9.47 Å². The van der Waals surface area contributed by atoms with Crippen LogP contribution in [0.4, 0.5) is 0 Å². The van der Waals surface area contributed by atoms with Crippen molar-refractivity contribution >= 4 is 39.8 Å². The molecule has 26 heavy (non-hydrogen) atoms. The molecular weight excluding hydrogens is 402 g/mol. The van der Waals surface area contributed by atoms with Gasteiger partial charge in [0.25, 0.3) is 0 Å². The first-order chi connectivity index (χ1) is 12.5. The Bertz CT molecular complexity index is 934. The monoisotopic (exact) mass is 415 g/mol. The number of hydrogen-bond donors (Lipinski definition) is 0. The maximum Gasteiger partial charge on any atom is 0.363 e. The third kappa shape index (κ3) is 3.67. The van der Waals surface area contributed by atoms with Gasteiger partial charge in [-0.3, -0.25) is 4.79 Å². The summed E-state index contributed by atoms with van der Waals surface area (Å²) in [5.41, 5.74) is 1.44. The summed E-state index contributed by atoms with van der Waals surface area (Å²) in [4.78, 5) is 27.7. The second-order valence-corrected chi connectivity index (χ2v) is 6.09. The molecule has 0 aromatic heterocycles. The van der Waals surface area contributed by atoms with Gasteiger partial charge in [-0.05, 0) is 51.8 Å². The zero-order chi connectivity index (χ0) is 18.7. The zero-order valence-corrected chi connectivity index (χ0v) is 15.6. The van der Waals surface area contributed by atoms with E-state index in [-0.39, 0.29) is 17.3 Å². The minimum absolute atomic E-state index is 0.142. The van der Waals surface area contributed by atoms with Crippen LogP contribution in [-0.4, -0.2) is 24.9 Å². The lowest BCUT2D eigenvalue weighted by atomic mass is 10.1. The standard InChI is InChI=1S/C19H14BrNO5/c1-11(22)25-17-15(24-2)9-8-13(16(17)20)10-14-19(23)26-18(21-14)12-6-4-3-5-7-12/h3-10H,1-2H3/b14-10+. The fraction of sp³-hybridized carbons (Fsp3) is 0.105. The molecule has 0 amide bonds. The summed E-state index contributed by atoms with van der Waals surface area (Å²) in [6, 6.07) is 12.5. The Kier molecular flexibility index (Phi) is 5.18. The van der Waals surface area contributed by atoms with Gasteiger partial charge in [0.2, 0.25) is 5.90 Å². The number of benzene rings is 2. The lowest BCUT2D eigenvalue weighted by Crippen LogP contribution is -2.05. The number of carbonyl (C=O) groups excluding carboxylic acids is 2. The highest BCUT2D eigenvalue weighted by atomic mass is 79.9. The van der Waals surface area contributed by atoms with E-state index in [0.29, 0.717) is 21.3 Å². The van der Waals surface area contributed by atoms with Gasteiger partial charge in [0, 0.05) is 12.5 Å². The molecule has 0 fully saturated rings. The van der Waals surface area contributed by atoms with E-state index in [1.807, 2.05) is 18.2 Å². The Hall–Kier alpha value is -2.93. The smallest absolute Gasteiger partial charge is 0.363 e. The lowest BCUT2D eigenvalue weighted by Gasteiger charge is -2.11. The largest absolute Gasteiger partial charge is 0.493 e. The molecule has 2 aromatic carbocycles. The highest BCUT2D eigenvalue weighted by molar-refractivity contribution is 9.10. The van der Waals surface area contributed by atoms with E-state index in [2.05, 4.69) is 20.9 Å². The highest BCUT2D eigenvalue weighted by Crippen LogP contribution is 2.39. The molecule has 1 heterocycles. The van der Waals surface area contributed by atoms with Crippen LogP contribution in [0.25, 0.3) is 6.08 Å². The van der Waals surface area contributed by atoms with Crippen LogP contribution in [0.15, 0.2) is 57.6 Å². The van der Waals surface area contributed by atoms with Crippen molar-refractivity contribution in [3.8, 4) is 11.5 Å². The second-order valence-electron chi connectivity index (χ2n) is 5.30. The number of carbonyl (C=O) groups is 2. The predicted octanol–water partition coefficient (Wildman–Crippen LogP) is 3.73. The maximum absolute atomic E-state index is 12.1. The number of halogens is 1. The van der Waals surface area contributed by atoms with Crippen molar-refractivity contribution in [3.05, 3.63) is 63.8 Å². The van der Waals surface area contributed by atoms with Gasteiger partial charge in [0.15, 0.2) is 17.2 Å². The molecule has 3 rings (SSSR count). The van der Waals surface area contributed by atoms with E-state index in [1.165, 1.54) is 14.0 Å². The first-order valence-electron chi connectivity index (χ1n) is 7.62. The summed E-state index contributed by atoms with van der Waals surface area (Å²) in [5.74, 6) is -0.185. The van der Waals surface area contributed by atoms with Crippen LogP contribution in [0.3, 0.4) is 0 Å². The highest BCUT2D eigenvalue weighted by Gasteiger charge is 2.25. The predicted molar refractivity (Wildman–Crippen MR) is 99.1 cm³/mol. The van der Waals surface area contributed by atoms with Gasteiger partial charge in [-0.2, -0.15) is 0 Å². The second kappa shape index (κ2) is 7.53. The van der Waals surface area contributed by atoms with Gasteiger partial charge in [0.1, 0.15) is 0 Å². The topological polar surface area (TPSA) is 74.2 Å². The van der Waals surface area contributed by atoms with E-state index in [1.54, 1.807) is 30.3 Å². The normalized spacial score (nSPS) is 14.8. The first kappa shape index (κ1) is 17.9. The number of methoxy groups -OCH3 is 1. The van der Waals surface area contributed by atoms with Crippen molar-refractivity contribution in [2.24, 2.45) is 4.99 Å². The summed E-state index contributed by atoms with van der Waals surface area (Å²) in [7, 11) is 1.47. The number of aliphatic imine (C=N–C) groups is 1. The first-order valence-corrected chi connectivity index (χ1v) is 8.42. The van der Waals surface area contributed by atoms with E-state index in [4.69, 9.17) is 14.2 Å². The van der Waals surface area contributed by atoms with Gasteiger partial charge < -0.3 is 14.2 Å². The van der Waals surface area contributed by atoms with Gasteiger partial charge in [-0.25, -0.2) is 9.79 Å². The Morgan fingerprint density at radius 1 is 1.19 bits per heavy atom. The third-order valence-electron chi connectivity index (χ3n) is 3.49. The third-order valence-corrected chi connectivity index (χ3v) is 4.31. The van der Waals surface area contributed by atoms with E-state index < -0.39 is 11.9 Å². The average molecular weight is 416 g/mol. The van der Waals surface area contributed by atoms with Crippen LogP contribution in [-0.2, 0) is 14.3 Å². The van der Waals surface area contributed by atoms with Crippen molar-refractivity contribution < 1.29 is 23.8 Å². The van der Waals surface area contributed by atoms with Crippen LogP contribution in [0.1, 0.15) is 18.1 Å². The SMILES string of the molecule is COc1ccc(/C=C2/N=C(c3ccccc3)OC2=O)c(Br)c1OC(C)=O. The zero-order valence-electron chi connectivity index (χ0n) is 14.0. The van der Waals surface area contributed by atoms with E-state index in [9.17, 15) is 9.59 Å². The number of esters is 2. The number of hydrogen-bond acceptors (Lipinski definition) is 6. The fourth-order valence-electron chi connectivity index (χ4n) is 2.33. The molecule has 0 saturated carbocycles. The van der Waals surface area contributed by atoms with Crippen LogP contribution in [0.5, 0.6) is 11.5 Å². The van der Waals surface area contributed by atoms with Crippen LogP contribution >= 0.6 is 15.9 Å². The molecule has 1 aliphatic rings. The number of cyclic esters (lactones) is 1. The van der Waals surface area contributed by atoms with Crippen molar-refractivity contribution in [1.82, 2.24) is 0 Å². The molecule has 7 heteroatoms. The quantitative estimate of drug-likeness (QED) is 0.432. The summed E-state index contributed by atoms with van der Waals surface area (Å²) in [6.45, 7) is 1.29. The van der Waals surface area contributed by atoms with Gasteiger partial charge in [-0.1, -0.05) is 18.2 Å². The van der Waals surface area contributed by atoms with Gasteiger partial charge in [-0.15, -0.1) is 0 Å². The van der Waals surface area contributed by atoms with Crippen molar-refractivity contribution in [2.45, 2.75) is 6.92 Å². The molecular formula is C19H14BrNO5. The van der Waals surface area contributed by atoms with Gasteiger partial charge >= 0.3 is 11.9 Å². The minimum Gasteiger partial charge on any atom is -0.493 e. The fourth-order valence-corrected chi connectivity index (χ4v) is 2.85. The van der Waals surface area contributed by atoms with Crippen molar-refractivity contribution in [2.75, 3.05) is 7.11 Å². The molecule has 0 unspecified atom stereocenters. The van der Waals surface area contributed by atoms with E-state index >= 15 is 0 Å². The molecule has 0 spiro atoms. The summed E-state index contributed by atoms with van der Waals surface area (Å²) in [6.07, 6.45) is 1.55. The maximum atomic E-state index is 12.1. The molecule has 1 aliphatic heterocycles. The molecule has 0 atom stereocenters. The van der Waals surface area contributed by atoms with Crippen LogP contribution in [0, 0.1) is 0 Å². The Morgan fingerprint density at radius 2 is 1.92 bits per heavy atom. The molecule has 0 N–H and O–H groups in total. The Balaban J connectivity index is 2.00. The minimum atomic E-state index is -0.555. The average Bonchev–Trinajstić information content (AvgIpc) is 3.00. The number of ether oxygens (including phenoxy) is 3. The van der Waals surface area contributed by atoms with E-state index in [0.717, 1.165) is 0 Å². The summed E-state index contributed by atoms with van der Waals surface area (Å²) < 4.78 is 16.1. The molecule has 6 nitrogen and oxygen atoms in total. The number of nitrogens with zero attached hydrogens (tertiary/aromatic N) is 1. The molecule has 0 radical (unpaired) electrons. The van der Waals surface area contributed by atoms with Crippen molar-refractivity contribution in [3.63, 3.8) is 0 Å². The van der Waals surface area contributed by atoms with Crippen molar-refractivity contribution in [1.29, 1.82) is 0 Å². The Morgan fingerprint density at radius 3 is 2.58 bits per heavy atom. The van der Waals surface area contributed by atoms with Crippen LogP contribution in [0.2, 0.25) is 0 Å². The lowest BCUT2D eigenvalue weighted by molar-refractivity contribution is -0.132. The summed E-state index contributed by atoms with van der Waals surface area (Å²) in [5, 5.41) is 0. The summed E-state index contributed by atoms with van der Waals surface area (Å²) >= 11 is 3.39. The van der Waals surface area contributed by atoms with Gasteiger partial charge in [0.05, 0.1) is 11.6 Å². The Labute approximate surface area is 158 Å². The molecule has 132 valence electrons. The molecule has 2 aromatic rings. The molecule has 0 saturated heterocycles. The molecule has 0 bridgehead atoms.